The maximum absolute atomic E-state index is 13.0. The smallest absolute Gasteiger partial charge is 0.289 e. The second kappa shape index (κ2) is 8.08. The van der Waals surface area contributed by atoms with Crippen LogP contribution in [0.2, 0.25) is 0 Å². The molecule has 1 aliphatic heterocycles. The summed E-state index contributed by atoms with van der Waals surface area (Å²) in [5.41, 5.74) is 1.85. The number of nitrogens with one attached hydrogen (secondary N) is 1. The molecule has 2 unspecified atom stereocenters. The lowest BCUT2D eigenvalue weighted by atomic mass is 9.88. The Balaban J connectivity index is 1.52. The number of carbonyl (C=O) groups is 2. The van der Waals surface area contributed by atoms with Gasteiger partial charge in [0.25, 0.3) is 5.91 Å². The number of amides is 2. The SMILES string of the molecule is O=C(NCc1ccccn1)C1CN(C(=O)c2ccco2)CC1c1ccccc1. The monoisotopic (exact) mass is 375 g/mol. The summed E-state index contributed by atoms with van der Waals surface area (Å²) >= 11 is 0. The van der Waals surface area contributed by atoms with Gasteiger partial charge in [-0.1, -0.05) is 36.4 Å². The quantitative estimate of drug-likeness (QED) is 0.744. The molecule has 3 heterocycles. The van der Waals surface area contributed by atoms with Gasteiger partial charge >= 0.3 is 0 Å². The first-order valence-electron chi connectivity index (χ1n) is 9.27. The van der Waals surface area contributed by atoms with E-state index >= 15 is 0 Å². The fourth-order valence-electron chi connectivity index (χ4n) is 3.64. The molecule has 0 saturated carbocycles. The van der Waals surface area contributed by atoms with Crippen LogP contribution in [0, 0.1) is 5.92 Å². The summed E-state index contributed by atoms with van der Waals surface area (Å²) in [7, 11) is 0. The van der Waals surface area contributed by atoms with Crippen LogP contribution in [-0.4, -0.2) is 34.8 Å². The number of carbonyl (C=O) groups excluding carboxylic acids is 2. The fourth-order valence-corrected chi connectivity index (χ4v) is 3.64. The molecule has 2 amide bonds. The van der Waals surface area contributed by atoms with Crippen molar-refractivity contribution >= 4 is 11.8 Å². The van der Waals surface area contributed by atoms with Crippen molar-refractivity contribution in [2.24, 2.45) is 5.92 Å². The van der Waals surface area contributed by atoms with Crippen LogP contribution in [0.15, 0.2) is 77.5 Å². The minimum absolute atomic E-state index is 0.0659. The Morgan fingerprint density at radius 3 is 2.57 bits per heavy atom. The van der Waals surface area contributed by atoms with E-state index in [1.165, 1.54) is 6.26 Å². The third kappa shape index (κ3) is 3.81. The molecule has 1 aliphatic rings. The van der Waals surface area contributed by atoms with E-state index in [2.05, 4.69) is 10.3 Å². The van der Waals surface area contributed by atoms with Crippen LogP contribution in [-0.2, 0) is 11.3 Å². The molecule has 1 aromatic carbocycles. The van der Waals surface area contributed by atoms with Crippen molar-refractivity contribution in [3.05, 3.63) is 90.1 Å². The number of aromatic nitrogens is 1. The Morgan fingerprint density at radius 1 is 1.04 bits per heavy atom. The van der Waals surface area contributed by atoms with Crippen LogP contribution >= 0.6 is 0 Å². The molecule has 0 radical (unpaired) electrons. The predicted octanol–water partition coefficient (Wildman–Crippen LogP) is 2.85. The molecule has 0 spiro atoms. The van der Waals surface area contributed by atoms with Crippen molar-refractivity contribution in [2.75, 3.05) is 13.1 Å². The summed E-state index contributed by atoms with van der Waals surface area (Å²) in [5, 5.41) is 2.97. The van der Waals surface area contributed by atoms with Crippen molar-refractivity contribution < 1.29 is 14.0 Å². The van der Waals surface area contributed by atoms with Gasteiger partial charge in [-0.2, -0.15) is 0 Å². The zero-order valence-electron chi connectivity index (χ0n) is 15.3. The Bertz CT molecular complexity index is 926. The van der Waals surface area contributed by atoms with E-state index < -0.39 is 0 Å². The summed E-state index contributed by atoms with van der Waals surface area (Å²) in [6.45, 7) is 1.20. The van der Waals surface area contributed by atoms with E-state index in [4.69, 9.17) is 4.42 Å². The lowest BCUT2D eigenvalue weighted by molar-refractivity contribution is -0.125. The Hall–Kier alpha value is -3.41. The van der Waals surface area contributed by atoms with Gasteiger partial charge in [0.2, 0.25) is 5.91 Å². The fraction of sp³-hybridized carbons (Fsp3) is 0.227. The zero-order valence-corrected chi connectivity index (χ0v) is 15.3. The lowest BCUT2D eigenvalue weighted by Crippen LogP contribution is -2.35. The molecule has 1 fully saturated rings. The van der Waals surface area contributed by atoms with Crippen molar-refractivity contribution in [1.82, 2.24) is 15.2 Å². The number of benzene rings is 1. The molecule has 3 aromatic rings. The Kier molecular flexibility index (Phi) is 5.19. The summed E-state index contributed by atoms with van der Waals surface area (Å²) < 4.78 is 5.25. The highest BCUT2D eigenvalue weighted by molar-refractivity contribution is 5.92. The third-order valence-corrected chi connectivity index (χ3v) is 5.07. The van der Waals surface area contributed by atoms with Gasteiger partial charge in [-0.05, 0) is 29.8 Å². The molecular formula is C22H21N3O3. The van der Waals surface area contributed by atoms with Gasteiger partial charge in [-0.25, -0.2) is 0 Å². The average molecular weight is 375 g/mol. The van der Waals surface area contributed by atoms with E-state index in [9.17, 15) is 9.59 Å². The minimum atomic E-state index is -0.329. The van der Waals surface area contributed by atoms with Crippen LogP contribution in [0.25, 0.3) is 0 Å². The summed E-state index contributed by atoms with van der Waals surface area (Å²) in [6.07, 6.45) is 3.18. The highest BCUT2D eigenvalue weighted by atomic mass is 16.3. The van der Waals surface area contributed by atoms with Crippen LogP contribution in [0.1, 0.15) is 27.7 Å². The molecule has 6 nitrogen and oxygen atoms in total. The van der Waals surface area contributed by atoms with E-state index in [-0.39, 0.29) is 23.7 Å². The van der Waals surface area contributed by atoms with Crippen LogP contribution in [0.4, 0.5) is 0 Å². The van der Waals surface area contributed by atoms with Crippen molar-refractivity contribution in [3.63, 3.8) is 0 Å². The molecule has 0 aliphatic carbocycles. The van der Waals surface area contributed by atoms with E-state index in [1.807, 2.05) is 48.5 Å². The third-order valence-electron chi connectivity index (χ3n) is 5.07. The molecule has 0 bridgehead atoms. The Labute approximate surface area is 163 Å². The largest absolute Gasteiger partial charge is 0.459 e. The maximum atomic E-state index is 13.0. The van der Waals surface area contributed by atoms with Gasteiger partial charge in [0, 0.05) is 25.2 Å². The molecule has 4 rings (SSSR count). The van der Waals surface area contributed by atoms with Crippen molar-refractivity contribution in [3.8, 4) is 0 Å². The van der Waals surface area contributed by atoms with Gasteiger partial charge < -0.3 is 14.6 Å². The highest BCUT2D eigenvalue weighted by Gasteiger charge is 2.41. The number of pyridine rings is 1. The number of hydrogen-bond acceptors (Lipinski definition) is 4. The normalized spacial score (nSPS) is 18.8. The maximum Gasteiger partial charge on any atom is 0.289 e. The molecular weight excluding hydrogens is 354 g/mol. The number of hydrogen-bond donors (Lipinski definition) is 1. The molecule has 142 valence electrons. The predicted molar refractivity (Wildman–Crippen MR) is 103 cm³/mol. The molecule has 6 heteroatoms. The van der Waals surface area contributed by atoms with Gasteiger partial charge in [-0.3, -0.25) is 14.6 Å². The first-order chi connectivity index (χ1) is 13.7. The standard InChI is InChI=1S/C22H21N3O3/c26-21(24-13-17-9-4-5-11-23-17)19-15-25(22(27)20-10-6-12-28-20)14-18(19)16-7-2-1-3-8-16/h1-12,18-19H,13-15H2,(H,24,26). The average Bonchev–Trinajstić information content (AvgIpc) is 3.43. The summed E-state index contributed by atoms with van der Waals surface area (Å²) in [4.78, 5) is 31.6. The van der Waals surface area contributed by atoms with Crippen LogP contribution < -0.4 is 5.32 Å². The first kappa shape index (κ1) is 18.0. The summed E-state index contributed by atoms with van der Waals surface area (Å²) in [6, 6.07) is 18.8. The van der Waals surface area contributed by atoms with Gasteiger partial charge in [-0.15, -0.1) is 0 Å². The molecule has 1 N–H and O–H groups in total. The minimum Gasteiger partial charge on any atom is -0.459 e. The first-order valence-corrected chi connectivity index (χ1v) is 9.27. The molecule has 2 aromatic heterocycles. The topological polar surface area (TPSA) is 75.4 Å². The second-order valence-corrected chi connectivity index (χ2v) is 6.85. The number of furan rings is 1. The summed E-state index contributed by atoms with van der Waals surface area (Å²) in [5.74, 6) is -0.365. The highest BCUT2D eigenvalue weighted by Crippen LogP contribution is 2.33. The van der Waals surface area contributed by atoms with Crippen LogP contribution in [0.5, 0.6) is 0 Å². The molecule has 1 saturated heterocycles. The van der Waals surface area contributed by atoms with Gasteiger partial charge in [0.15, 0.2) is 5.76 Å². The number of likely N-dealkylation sites (tertiary alicyclic amines) is 1. The van der Waals surface area contributed by atoms with Gasteiger partial charge in [0.1, 0.15) is 0 Å². The van der Waals surface area contributed by atoms with Crippen molar-refractivity contribution in [2.45, 2.75) is 12.5 Å². The van der Waals surface area contributed by atoms with Crippen molar-refractivity contribution in [1.29, 1.82) is 0 Å². The van der Waals surface area contributed by atoms with E-state index in [0.717, 1.165) is 11.3 Å². The van der Waals surface area contributed by atoms with E-state index in [1.54, 1.807) is 23.2 Å². The Morgan fingerprint density at radius 2 is 1.86 bits per heavy atom. The van der Waals surface area contributed by atoms with E-state index in [0.29, 0.717) is 25.4 Å². The van der Waals surface area contributed by atoms with Gasteiger partial charge in [0.05, 0.1) is 24.4 Å². The number of nitrogens with zero attached hydrogens (tertiary/aromatic N) is 2. The number of rotatable bonds is 5. The zero-order chi connectivity index (χ0) is 19.3. The van der Waals surface area contributed by atoms with Crippen LogP contribution in [0.3, 0.4) is 0 Å². The second-order valence-electron chi connectivity index (χ2n) is 6.85. The molecule has 28 heavy (non-hydrogen) atoms. The lowest BCUT2D eigenvalue weighted by Gasteiger charge is -2.18. The molecule has 2 atom stereocenters.